The van der Waals surface area contributed by atoms with Crippen molar-refractivity contribution in [1.82, 2.24) is 10.2 Å². The SMILES string of the molecule is COc1ccc(NCc2c(C)n[nH]c2C)cc1F. The maximum Gasteiger partial charge on any atom is 0.167 e. The fourth-order valence-electron chi connectivity index (χ4n) is 1.80. The van der Waals surface area contributed by atoms with E-state index in [4.69, 9.17) is 4.74 Å². The number of anilines is 1. The van der Waals surface area contributed by atoms with Crippen molar-refractivity contribution in [3.8, 4) is 5.75 Å². The lowest BCUT2D eigenvalue weighted by atomic mass is 10.2. The number of aromatic amines is 1. The van der Waals surface area contributed by atoms with Crippen LogP contribution in [0.2, 0.25) is 0 Å². The molecule has 0 aliphatic carbocycles. The molecule has 1 aromatic heterocycles. The fourth-order valence-corrected chi connectivity index (χ4v) is 1.80. The maximum atomic E-state index is 13.5. The summed E-state index contributed by atoms with van der Waals surface area (Å²) >= 11 is 0. The van der Waals surface area contributed by atoms with Gasteiger partial charge in [0.2, 0.25) is 0 Å². The summed E-state index contributed by atoms with van der Waals surface area (Å²) in [5.74, 6) is -0.126. The van der Waals surface area contributed by atoms with Gasteiger partial charge in [-0.25, -0.2) is 4.39 Å². The molecule has 96 valence electrons. The van der Waals surface area contributed by atoms with Crippen molar-refractivity contribution in [1.29, 1.82) is 0 Å². The first kappa shape index (κ1) is 12.4. The van der Waals surface area contributed by atoms with Crippen LogP contribution in [0.15, 0.2) is 18.2 Å². The number of nitrogens with zero attached hydrogens (tertiary/aromatic N) is 1. The van der Waals surface area contributed by atoms with Crippen molar-refractivity contribution in [2.75, 3.05) is 12.4 Å². The molecule has 4 nitrogen and oxygen atoms in total. The van der Waals surface area contributed by atoms with Crippen molar-refractivity contribution in [3.63, 3.8) is 0 Å². The third kappa shape index (κ3) is 2.45. The second kappa shape index (κ2) is 5.08. The number of rotatable bonds is 4. The second-order valence-electron chi connectivity index (χ2n) is 4.12. The molecule has 18 heavy (non-hydrogen) atoms. The lowest BCUT2D eigenvalue weighted by Gasteiger charge is -2.08. The highest BCUT2D eigenvalue weighted by Gasteiger charge is 2.07. The van der Waals surface area contributed by atoms with Gasteiger partial charge in [0.25, 0.3) is 0 Å². The van der Waals surface area contributed by atoms with Crippen LogP contribution in [-0.4, -0.2) is 17.3 Å². The van der Waals surface area contributed by atoms with Gasteiger partial charge in [-0.2, -0.15) is 5.10 Å². The number of aromatic nitrogens is 2. The zero-order chi connectivity index (χ0) is 13.1. The number of H-pyrrole nitrogens is 1. The Morgan fingerprint density at radius 3 is 2.72 bits per heavy atom. The molecule has 2 N–H and O–H groups in total. The third-order valence-electron chi connectivity index (χ3n) is 2.90. The molecule has 2 aromatic rings. The van der Waals surface area contributed by atoms with Crippen molar-refractivity contribution in [2.24, 2.45) is 0 Å². The van der Waals surface area contributed by atoms with E-state index in [-0.39, 0.29) is 11.6 Å². The first-order chi connectivity index (χ1) is 8.61. The van der Waals surface area contributed by atoms with Gasteiger partial charge in [-0.15, -0.1) is 0 Å². The molecule has 1 heterocycles. The zero-order valence-electron chi connectivity index (χ0n) is 10.7. The van der Waals surface area contributed by atoms with Gasteiger partial charge in [-0.05, 0) is 26.0 Å². The Morgan fingerprint density at radius 2 is 2.17 bits per heavy atom. The van der Waals surface area contributed by atoms with Crippen LogP contribution in [0.3, 0.4) is 0 Å². The summed E-state index contributed by atoms with van der Waals surface area (Å²) in [6.07, 6.45) is 0. The highest BCUT2D eigenvalue weighted by molar-refractivity contribution is 5.48. The predicted octanol–water partition coefficient (Wildman–Crippen LogP) is 2.79. The van der Waals surface area contributed by atoms with E-state index in [1.807, 2.05) is 13.8 Å². The van der Waals surface area contributed by atoms with Crippen molar-refractivity contribution >= 4 is 5.69 Å². The molecule has 0 spiro atoms. The highest BCUT2D eigenvalue weighted by Crippen LogP contribution is 2.21. The molecule has 0 saturated heterocycles. The van der Waals surface area contributed by atoms with Gasteiger partial charge in [-0.3, -0.25) is 5.10 Å². The molecular weight excluding hydrogens is 233 g/mol. The molecule has 0 bridgehead atoms. The number of hydrogen-bond donors (Lipinski definition) is 2. The Labute approximate surface area is 105 Å². The van der Waals surface area contributed by atoms with E-state index in [0.29, 0.717) is 12.2 Å². The molecule has 0 radical (unpaired) electrons. The summed E-state index contributed by atoms with van der Waals surface area (Å²) in [6.45, 7) is 4.51. The van der Waals surface area contributed by atoms with Crippen LogP contribution in [0.5, 0.6) is 5.75 Å². The summed E-state index contributed by atoms with van der Waals surface area (Å²) in [6, 6.07) is 4.81. The number of halogens is 1. The van der Waals surface area contributed by atoms with Crippen LogP contribution in [0.4, 0.5) is 10.1 Å². The largest absolute Gasteiger partial charge is 0.494 e. The van der Waals surface area contributed by atoms with Crippen LogP contribution in [0.1, 0.15) is 17.0 Å². The Balaban J connectivity index is 2.09. The van der Waals surface area contributed by atoms with Gasteiger partial charge in [0.1, 0.15) is 0 Å². The van der Waals surface area contributed by atoms with Crippen molar-refractivity contribution < 1.29 is 9.13 Å². The first-order valence-corrected chi connectivity index (χ1v) is 5.69. The van der Waals surface area contributed by atoms with E-state index >= 15 is 0 Å². The number of nitrogens with one attached hydrogen (secondary N) is 2. The van der Waals surface area contributed by atoms with Crippen molar-refractivity contribution in [2.45, 2.75) is 20.4 Å². The van der Waals surface area contributed by atoms with E-state index in [1.165, 1.54) is 13.2 Å². The molecule has 0 atom stereocenters. The zero-order valence-corrected chi connectivity index (χ0v) is 10.7. The van der Waals surface area contributed by atoms with Gasteiger partial charge in [0, 0.05) is 29.6 Å². The van der Waals surface area contributed by atoms with E-state index in [1.54, 1.807) is 12.1 Å². The number of methoxy groups -OCH3 is 1. The summed E-state index contributed by atoms with van der Waals surface area (Å²) < 4.78 is 18.4. The molecule has 0 aliphatic rings. The molecule has 0 saturated carbocycles. The Hall–Kier alpha value is -2.04. The molecule has 0 amide bonds. The molecule has 0 unspecified atom stereocenters. The lowest BCUT2D eigenvalue weighted by molar-refractivity contribution is 0.386. The minimum Gasteiger partial charge on any atom is -0.494 e. The van der Waals surface area contributed by atoms with Crippen LogP contribution in [0, 0.1) is 19.7 Å². The molecule has 1 aromatic carbocycles. The second-order valence-corrected chi connectivity index (χ2v) is 4.12. The number of ether oxygens (including phenoxy) is 1. The molecule has 0 fully saturated rings. The van der Waals surface area contributed by atoms with Gasteiger partial charge in [-0.1, -0.05) is 0 Å². The summed E-state index contributed by atoms with van der Waals surface area (Å²) in [5.41, 5.74) is 3.79. The average molecular weight is 249 g/mol. The summed E-state index contributed by atoms with van der Waals surface area (Å²) in [7, 11) is 1.45. The summed E-state index contributed by atoms with van der Waals surface area (Å²) in [4.78, 5) is 0. The normalized spacial score (nSPS) is 10.4. The fraction of sp³-hybridized carbons (Fsp3) is 0.308. The van der Waals surface area contributed by atoms with Crippen LogP contribution >= 0.6 is 0 Å². The molecular formula is C13H16FN3O. The topological polar surface area (TPSA) is 49.9 Å². The molecule has 0 aliphatic heterocycles. The minimum absolute atomic E-state index is 0.247. The van der Waals surface area contributed by atoms with Crippen molar-refractivity contribution in [3.05, 3.63) is 41.0 Å². The molecule has 5 heteroatoms. The van der Waals surface area contributed by atoms with E-state index in [2.05, 4.69) is 15.5 Å². The predicted molar refractivity (Wildman–Crippen MR) is 68.3 cm³/mol. The Morgan fingerprint density at radius 1 is 1.39 bits per heavy atom. The first-order valence-electron chi connectivity index (χ1n) is 5.69. The number of benzene rings is 1. The van der Waals surface area contributed by atoms with Gasteiger partial charge in [0.05, 0.1) is 12.8 Å². The summed E-state index contributed by atoms with van der Waals surface area (Å²) in [5, 5.41) is 10.2. The van der Waals surface area contributed by atoms with Gasteiger partial charge >= 0.3 is 0 Å². The Bertz CT molecular complexity index is 532. The minimum atomic E-state index is -0.372. The lowest BCUT2D eigenvalue weighted by Crippen LogP contribution is -2.02. The van der Waals surface area contributed by atoms with Crippen LogP contribution in [-0.2, 0) is 6.54 Å². The van der Waals surface area contributed by atoms with Crippen LogP contribution in [0.25, 0.3) is 0 Å². The van der Waals surface area contributed by atoms with Gasteiger partial charge in [0.15, 0.2) is 11.6 Å². The van der Waals surface area contributed by atoms with Gasteiger partial charge < -0.3 is 10.1 Å². The highest BCUT2D eigenvalue weighted by atomic mass is 19.1. The van der Waals surface area contributed by atoms with Crippen LogP contribution < -0.4 is 10.1 Å². The number of aryl methyl sites for hydroxylation is 2. The monoisotopic (exact) mass is 249 g/mol. The smallest absolute Gasteiger partial charge is 0.167 e. The third-order valence-corrected chi connectivity index (χ3v) is 2.90. The van der Waals surface area contributed by atoms with E-state index in [0.717, 1.165) is 17.0 Å². The standard InChI is InChI=1S/C13H16FN3O/c1-8-11(9(2)17-16-8)7-15-10-4-5-13(18-3)12(14)6-10/h4-6,15H,7H2,1-3H3,(H,16,17). The molecule has 2 rings (SSSR count). The maximum absolute atomic E-state index is 13.5. The average Bonchev–Trinajstić information content (AvgIpc) is 2.67. The number of hydrogen-bond acceptors (Lipinski definition) is 3. The van der Waals surface area contributed by atoms with E-state index in [9.17, 15) is 4.39 Å². The Kier molecular flexibility index (Phi) is 3.50. The van der Waals surface area contributed by atoms with E-state index < -0.39 is 0 Å². The quantitative estimate of drug-likeness (QED) is 0.876.